The third kappa shape index (κ3) is 11.3. The Morgan fingerprint density at radius 1 is 0.850 bits per heavy atom. The normalized spacial score (nSPS) is 26.5. The van der Waals surface area contributed by atoms with Gasteiger partial charge in [0, 0.05) is 39.6 Å². The molecule has 0 spiro atoms. The zero-order valence-electron chi connectivity index (χ0n) is 34.9. The minimum Gasteiger partial charge on any atom is -0.461 e. The predicted octanol–water partition coefficient (Wildman–Crippen LogP) is 0.670. The number of nitrogens with zero attached hydrogens (tertiary/aromatic N) is 4. The molecule has 4 aliphatic rings. The van der Waals surface area contributed by atoms with Crippen molar-refractivity contribution in [2.24, 2.45) is 5.92 Å². The number of benzene rings is 2. The van der Waals surface area contributed by atoms with Crippen LogP contribution in [0, 0.1) is 5.92 Å². The minimum atomic E-state index is -1.44. The second kappa shape index (κ2) is 20.8. The molecule has 0 aliphatic carbocycles. The van der Waals surface area contributed by atoms with Gasteiger partial charge in [0.25, 0.3) is 0 Å². The van der Waals surface area contributed by atoms with Gasteiger partial charge in [-0.25, -0.2) is 4.79 Å². The van der Waals surface area contributed by atoms with Crippen LogP contribution >= 0.6 is 0 Å². The Morgan fingerprint density at radius 3 is 2.23 bits per heavy atom. The lowest BCUT2D eigenvalue weighted by Crippen LogP contribution is -2.60. The molecule has 6 rings (SSSR count). The Morgan fingerprint density at radius 2 is 1.53 bits per heavy atom. The summed E-state index contributed by atoms with van der Waals surface area (Å²) in [5.41, 5.74) is 1.52. The number of nitrogens with one attached hydrogen (secondary N) is 3. The number of esters is 1. The number of carbonyl (C=O) groups excluding carboxylic acids is 7. The largest absolute Gasteiger partial charge is 0.461 e. The summed E-state index contributed by atoms with van der Waals surface area (Å²) >= 11 is 0. The number of amides is 6. The molecule has 6 amide bonds. The van der Waals surface area contributed by atoms with Crippen molar-refractivity contribution in [3.8, 4) is 0 Å². The first-order valence-corrected chi connectivity index (χ1v) is 21.2. The molecule has 16 nitrogen and oxygen atoms in total. The monoisotopic (exact) mass is 829 g/mol. The van der Waals surface area contributed by atoms with Gasteiger partial charge in [-0.1, -0.05) is 67.6 Å². The Labute approximate surface area is 351 Å². The van der Waals surface area contributed by atoms with Gasteiger partial charge in [-0.15, -0.1) is 0 Å². The Kier molecular flexibility index (Phi) is 15.3. The fourth-order valence-corrected chi connectivity index (χ4v) is 8.64. The Hall–Kier alpha value is -5.35. The van der Waals surface area contributed by atoms with Gasteiger partial charge in [0.1, 0.15) is 42.9 Å². The van der Waals surface area contributed by atoms with Crippen LogP contribution in [0.25, 0.3) is 0 Å². The maximum atomic E-state index is 14.6. The summed E-state index contributed by atoms with van der Waals surface area (Å²) in [4.78, 5) is 105. The second-order valence-electron chi connectivity index (χ2n) is 16.5. The van der Waals surface area contributed by atoms with E-state index in [-0.39, 0.29) is 31.8 Å². The molecule has 16 heteroatoms. The third-order valence-corrected chi connectivity index (χ3v) is 11.9. The molecule has 4 heterocycles. The van der Waals surface area contributed by atoms with Crippen LogP contribution in [0.2, 0.25) is 0 Å². The highest BCUT2D eigenvalue weighted by molar-refractivity contribution is 5.97. The van der Waals surface area contributed by atoms with Gasteiger partial charge in [-0.3, -0.25) is 33.7 Å². The zero-order chi connectivity index (χ0) is 42.8. The van der Waals surface area contributed by atoms with Crippen molar-refractivity contribution in [3.05, 3.63) is 71.8 Å². The van der Waals surface area contributed by atoms with Gasteiger partial charge in [-0.2, -0.15) is 0 Å². The van der Waals surface area contributed by atoms with E-state index >= 15 is 0 Å². The average Bonchev–Trinajstić information content (AvgIpc) is 3.90. The number of morpholine rings is 1. The number of carbonyl (C=O) groups is 7. The fourth-order valence-electron chi connectivity index (χ4n) is 8.64. The van der Waals surface area contributed by atoms with Crippen LogP contribution in [0.4, 0.5) is 0 Å². The number of ether oxygens (including phenoxy) is 2. The van der Waals surface area contributed by atoms with E-state index in [1.165, 1.54) is 14.7 Å². The molecule has 0 saturated carbocycles. The first kappa shape index (κ1) is 44.2. The highest BCUT2D eigenvalue weighted by atomic mass is 16.5. The number of likely N-dealkylation sites (N-methyl/N-ethyl adjacent to an activating group) is 1. The van der Waals surface area contributed by atoms with E-state index in [1.54, 1.807) is 14.0 Å². The highest BCUT2D eigenvalue weighted by Gasteiger charge is 2.45. The summed E-state index contributed by atoms with van der Waals surface area (Å²) in [6.45, 7) is 6.79. The second-order valence-corrected chi connectivity index (χ2v) is 16.5. The molecule has 2 aromatic carbocycles. The summed E-state index contributed by atoms with van der Waals surface area (Å²) in [5, 5.41) is 8.44. The summed E-state index contributed by atoms with van der Waals surface area (Å²) in [6.07, 6.45) is 2.12. The molecule has 3 N–H and O–H groups in total. The van der Waals surface area contributed by atoms with Crippen molar-refractivity contribution >= 4 is 41.4 Å². The Bertz CT molecular complexity index is 1840. The van der Waals surface area contributed by atoms with Crippen molar-refractivity contribution in [3.63, 3.8) is 0 Å². The van der Waals surface area contributed by atoms with Crippen molar-refractivity contribution in [1.29, 1.82) is 0 Å². The number of fused-ring (bicyclic) bond motifs is 2. The van der Waals surface area contributed by atoms with Crippen molar-refractivity contribution < 1.29 is 43.0 Å². The summed E-state index contributed by atoms with van der Waals surface area (Å²) in [6, 6.07) is 11.8. The highest BCUT2D eigenvalue weighted by Crippen LogP contribution is 2.26. The van der Waals surface area contributed by atoms with Crippen LogP contribution < -0.4 is 16.0 Å². The van der Waals surface area contributed by atoms with Gasteiger partial charge in [0.15, 0.2) is 0 Å². The van der Waals surface area contributed by atoms with E-state index in [4.69, 9.17) is 9.47 Å². The van der Waals surface area contributed by atoms with Crippen LogP contribution in [0.3, 0.4) is 0 Å². The van der Waals surface area contributed by atoms with Gasteiger partial charge in [0.05, 0.1) is 19.6 Å². The van der Waals surface area contributed by atoms with E-state index in [0.717, 1.165) is 24.2 Å². The van der Waals surface area contributed by atoms with Gasteiger partial charge in [0.2, 0.25) is 35.4 Å². The van der Waals surface area contributed by atoms with Crippen molar-refractivity contribution in [2.75, 3.05) is 59.6 Å². The lowest BCUT2D eigenvalue weighted by atomic mass is 10.0. The van der Waals surface area contributed by atoms with Crippen LogP contribution in [-0.2, 0) is 55.9 Å². The summed E-state index contributed by atoms with van der Waals surface area (Å²) in [7, 11) is 1.55. The molecule has 7 atom stereocenters. The third-order valence-electron chi connectivity index (χ3n) is 11.9. The minimum absolute atomic E-state index is 0.0182. The molecule has 4 fully saturated rings. The van der Waals surface area contributed by atoms with E-state index in [0.29, 0.717) is 51.9 Å². The first-order chi connectivity index (χ1) is 28.9. The smallest absolute Gasteiger partial charge is 0.328 e. The molecule has 60 heavy (non-hydrogen) atoms. The number of cyclic esters (lactones) is 1. The van der Waals surface area contributed by atoms with E-state index in [2.05, 4.69) is 20.9 Å². The quantitative estimate of drug-likeness (QED) is 0.272. The summed E-state index contributed by atoms with van der Waals surface area (Å²) in [5.74, 6) is -3.97. The Balaban J connectivity index is 1.28. The van der Waals surface area contributed by atoms with E-state index in [1.807, 2.05) is 67.6 Å². The fraction of sp³-hybridized carbons (Fsp3) is 0.568. The molecular weight excluding hydrogens is 771 g/mol. The maximum Gasteiger partial charge on any atom is 0.328 e. The molecule has 0 bridgehead atoms. The first-order valence-electron chi connectivity index (χ1n) is 21.2. The van der Waals surface area contributed by atoms with E-state index < -0.39 is 84.3 Å². The summed E-state index contributed by atoms with van der Waals surface area (Å²) < 4.78 is 11.3. The maximum absolute atomic E-state index is 14.6. The van der Waals surface area contributed by atoms with Crippen molar-refractivity contribution in [1.82, 2.24) is 35.6 Å². The van der Waals surface area contributed by atoms with Gasteiger partial charge < -0.3 is 40.1 Å². The predicted molar refractivity (Wildman–Crippen MR) is 220 cm³/mol. The molecule has 4 aliphatic heterocycles. The average molecular weight is 830 g/mol. The lowest BCUT2D eigenvalue weighted by Gasteiger charge is -2.35. The van der Waals surface area contributed by atoms with Crippen LogP contribution in [0.1, 0.15) is 57.1 Å². The van der Waals surface area contributed by atoms with Crippen LogP contribution in [0.5, 0.6) is 0 Å². The lowest BCUT2D eigenvalue weighted by molar-refractivity contribution is -0.158. The van der Waals surface area contributed by atoms with Crippen LogP contribution in [-0.4, -0.2) is 157 Å². The molecule has 4 saturated heterocycles. The number of hydrogen-bond donors (Lipinski definition) is 3. The molecular formula is C44H59N7O9. The zero-order valence-corrected chi connectivity index (χ0v) is 34.9. The molecule has 0 unspecified atom stereocenters. The van der Waals surface area contributed by atoms with Crippen LogP contribution in [0.15, 0.2) is 60.7 Å². The molecule has 2 aromatic rings. The number of rotatable bonds is 11. The number of hydrogen-bond acceptors (Lipinski definition) is 10. The topological polar surface area (TPSA) is 187 Å². The molecule has 324 valence electrons. The molecule has 0 radical (unpaired) electrons. The standard InChI is InChI=1S/C44H59N7O9/c1-29-24-37-44(58)60-28-34(47-39(53)33(25-31-12-6-4-7-13-31)46-38(52)26-32-14-8-5-9-15-32)42(56)50-19-11-17-36(50)43(57)48(3)35(16-10-18-49-20-22-59-23-21-49)40(54)45-30(2)41(55)51(37)27-29/h4-9,12-15,29-30,33-37H,10-11,16-28H2,1-3H3,(H,45,54)(H,46,52)(H,47,53)/t29-,30+,33+,34+,35+,36+,37+/m1/s1. The SMILES string of the molecule is C[C@@H]1C[C@H]2C(=O)OC[C@H](NC(=O)[C@H](Cc3ccccc3)NC(=O)Cc3ccccc3)C(=O)N3CCC[C@H]3C(=O)N(C)[C@@H](CCCN3CCOCC3)C(=O)N[C@@H](C)C(=O)N2C1. The van der Waals surface area contributed by atoms with Gasteiger partial charge >= 0.3 is 5.97 Å². The molecule has 0 aromatic heterocycles. The van der Waals surface area contributed by atoms with Gasteiger partial charge in [-0.05, 0) is 62.6 Å². The van der Waals surface area contributed by atoms with E-state index in [9.17, 15) is 33.6 Å². The van der Waals surface area contributed by atoms with Crippen molar-refractivity contribution in [2.45, 2.75) is 95.0 Å².